The van der Waals surface area contributed by atoms with E-state index in [1.807, 2.05) is 41.3 Å². The number of para-hydroxylation sites is 2. The highest BCUT2D eigenvalue weighted by Gasteiger charge is 2.26. The SMILES string of the molecule is O=C1CCCN1Cc1nnc(SCC(=O)N2c3ccccc3CCc3ccccc32)o1. The highest BCUT2D eigenvalue weighted by Crippen LogP contribution is 2.36. The molecule has 158 valence electrons. The van der Waals surface area contributed by atoms with E-state index in [9.17, 15) is 9.59 Å². The van der Waals surface area contributed by atoms with Crippen molar-refractivity contribution in [3.63, 3.8) is 0 Å². The largest absolute Gasteiger partial charge is 0.414 e. The summed E-state index contributed by atoms with van der Waals surface area (Å²) in [5.74, 6) is 0.644. The summed E-state index contributed by atoms with van der Waals surface area (Å²) in [6.45, 7) is 1.04. The quantitative estimate of drug-likeness (QED) is 0.569. The molecule has 5 rings (SSSR count). The minimum Gasteiger partial charge on any atom is -0.414 e. The Bertz CT molecular complexity index is 1080. The van der Waals surface area contributed by atoms with Gasteiger partial charge in [-0.25, -0.2) is 0 Å². The van der Waals surface area contributed by atoms with Gasteiger partial charge in [0.2, 0.25) is 17.7 Å². The van der Waals surface area contributed by atoms with E-state index < -0.39 is 0 Å². The van der Waals surface area contributed by atoms with Crippen LogP contribution < -0.4 is 4.90 Å². The molecule has 1 aromatic heterocycles. The van der Waals surface area contributed by atoms with E-state index in [4.69, 9.17) is 4.42 Å². The van der Waals surface area contributed by atoms with Crippen LogP contribution in [0.1, 0.15) is 29.9 Å². The van der Waals surface area contributed by atoms with Crippen LogP contribution in [0, 0.1) is 0 Å². The fourth-order valence-electron chi connectivity index (χ4n) is 4.13. The average Bonchev–Trinajstić information content (AvgIpc) is 3.37. The predicted octanol–water partition coefficient (Wildman–Crippen LogP) is 3.75. The topological polar surface area (TPSA) is 79.5 Å². The van der Waals surface area contributed by atoms with Gasteiger partial charge < -0.3 is 9.32 Å². The molecular weight excluding hydrogens is 412 g/mol. The summed E-state index contributed by atoms with van der Waals surface area (Å²) in [7, 11) is 0. The number of likely N-dealkylation sites (tertiary alicyclic amines) is 1. The highest BCUT2D eigenvalue weighted by molar-refractivity contribution is 7.99. The van der Waals surface area contributed by atoms with Gasteiger partial charge in [0.05, 0.1) is 23.7 Å². The molecule has 0 atom stereocenters. The van der Waals surface area contributed by atoms with Crippen LogP contribution >= 0.6 is 11.8 Å². The van der Waals surface area contributed by atoms with Crippen LogP contribution in [0.3, 0.4) is 0 Å². The van der Waals surface area contributed by atoms with Gasteiger partial charge in [-0.05, 0) is 42.5 Å². The van der Waals surface area contributed by atoms with E-state index in [0.717, 1.165) is 48.3 Å². The molecule has 2 aromatic carbocycles. The number of rotatable bonds is 5. The van der Waals surface area contributed by atoms with Gasteiger partial charge in [-0.15, -0.1) is 10.2 Å². The predicted molar refractivity (Wildman–Crippen MR) is 117 cm³/mol. The van der Waals surface area contributed by atoms with Crippen molar-refractivity contribution in [2.24, 2.45) is 0 Å². The van der Waals surface area contributed by atoms with Gasteiger partial charge in [-0.2, -0.15) is 0 Å². The van der Waals surface area contributed by atoms with Crippen LogP contribution in [0.4, 0.5) is 11.4 Å². The Balaban J connectivity index is 1.32. The molecule has 3 aromatic rings. The number of carbonyl (C=O) groups is 2. The first-order valence-corrected chi connectivity index (χ1v) is 11.4. The molecule has 2 aliphatic heterocycles. The summed E-state index contributed by atoms with van der Waals surface area (Å²) in [4.78, 5) is 28.7. The van der Waals surface area contributed by atoms with Crippen molar-refractivity contribution in [2.75, 3.05) is 17.2 Å². The van der Waals surface area contributed by atoms with E-state index in [-0.39, 0.29) is 17.6 Å². The molecule has 0 radical (unpaired) electrons. The van der Waals surface area contributed by atoms with Gasteiger partial charge in [-0.1, -0.05) is 48.2 Å². The smallest absolute Gasteiger partial charge is 0.277 e. The lowest BCUT2D eigenvalue weighted by Crippen LogP contribution is -2.28. The van der Waals surface area contributed by atoms with Crippen molar-refractivity contribution in [1.82, 2.24) is 15.1 Å². The van der Waals surface area contributed by atoms with E-state index >= 15 is 0 Å². The molecule has 0 spiro atoms. The zero-order valence-corrected chi connectivity index (χ0v) is 17.8. The number of anilines is 2. The minimum atomic E-state index is -0.0405. The van der Waals surface area contributed by atoms with Gasteiger partial charge in [0.1, 0.15) is 0 Å². The second-order valence-corrected chi connectivity index (χ2v) is 8.58. The molecule has 8 heteroatoms. The number of aromatic nitrogens is 2. The van der Waals surface area contributed by atoms with Crippen molar-refractivity contribution in [3.8, 4) is 0 Å². The molecule has 0 aliphatic carbocycles. The normalized spacial score (nSPS) is 15.5. The Morgan fingerprint density at radius 2 is 1.65 bits per heavy atom. The molecule has 3 heterocycles. The molecule has 0 bridgehead atoms. The molecular formula is C23H22N4O3S. The van der Waals surface area contributed by atoms with Crippen molar-refractivity contribution in [1.29, 1.82) is 0 Å². The first kappa shape index (κ1) is 19.8. The summed E-state index contributed by atoms with van der Waals surface area (Å²) < 4.78 is 5.67. The van der Waals surface area contributed by atoms with Crippen LogP contribution in [0.2, 0.25) is 0 Å². The number of carbonyl (C=O) groups excluding carboxylic acids is 2. The summed E-state index contributed by atoms with van der Waals surface area (Å²) in [6.07, 6.45) is 3.23. The van der Waals surface area contributed by atoms with Crippen molar-refractivity contribution >= 4 is 35.0 Å². The van der Waals surface area contributed by atoms with E-state index in [1.165, 1.54) is 11.8 Å². The second-order valence-electron chi connectivity index (χ2n) is 7.66. The fraction of sp³-hybridized carbons (Fsp3) is 0.304. The first-order chi connectivity index (χ1) is 15.2. The second kappa shape index (κ2) is 8.55. The maximum atomic E-state index is 13.3. The lowest BCUT2D eigenvalue weighted by Gasteiger charge is -2.24. The van der Waals surface area contributed by atoms with Gasteiger partial charge in [0.25, 0.3) is 5.22 Å². The lowest BCUT2D eigenvalue weighted by atomic mass is 10.0. The van der Waals surface area contributed by atoms with E-state index in [1.54, 1.807) is 4.90 Å². The Morgan fingerprint density at radius 1 is 0.968 bits per heavy atom. The maximum absolute atomic E-state index is 13.3. The zero-order valence-electron chi connectivity index (χ0n) is 17.0. The number of thioether (sulfide) groups is 1. The summed E-state index contributed by atoms with van der Waals surface area (Å²) in [5, 5.41) is 8.42. The number of aryl methyl sites for hydroxylation is 2. The summed E-state index contributed by atoms with van der Waals surface area (Å²) >= 11 is 1.22. The molecule has 7 nitrogen and oxygen atoms in total. The van der Waals surface area contributed by atoms with Crippen molar-refractivity contribution in [3.05, 3.63) is 65.5 Å². The Kier molecular flexibility index (Phi) is 5.46. The van der Waals surface area contributed by atoms with Crippen LogP contribution in [0.5, 0.6) is 0 Å². The highest BCUT2D eigenvalue weighted by atomic mass is 32.2. The molecule has 0 N–H and O–H groups in total. The van der Waals surface area contributed by atoms with Gasteiger partial charge in [0, 0.05) is 13.0 Å². The zero-order chi connectivity index (χ0) is 21.2. The third kappa shape index (κ3) is 4.07. The summed E-state index contributed by atoms with van der Waals surface area (Å²) in [6, 6.07) is 16.1. The van der Waals surface area contributed by atoms with E-state index in [2.05, 4.69) is 22.3 Å². The number of hydrogen-bond donors (Lipinski definition) is 0. The minimum absolute atomic E-state index is 0.0405. The fourth-order valence-corrected chi connectivity index (χ4v) is 4.76. The first-order valence-electron chi connectivity index (χ1n) is 10.4. The molecule has 2 aliphatic rings. The average molecular weight is 435 g/mol. The number of amides is 2. The van der Waals surface area contributed by atoms with E-state index in [0.29, 0.717) is 24.1 Å². The molecule has 31 heavy (non-hydrogen) atoms. The molecule has 1 fully saturated rings. The monoisotopic (exact) mass is 434 g/mol. The standard InChI is InChI=1S/C23H22N4O3S/c28-21-10-5-13-26(21)14-20-24-25-23(30-20)31-15-22(29)27-18-8-3-1-6-16(18)11-12-17-7-2-4-9-19(17)27/h1-4,6-9H,5,10-15H2. The molecule has 2 amide bonds. The third-order valence-corrected chi connectivity index (χ3v) is 6.45. The van der Waals surface area contributed by atoms with Gasteiger partial charge >= 0.3 is 0 Å². The van der Waals surface area contributed by atoms with Crippen LogP contribution in [0.25, 0.3) is 0 Å². The molecule has 0 saturated carbocycles. The van der Waals surface area contributed by atoms with Crippen molar-refractivity contribution < 1.29 is 14.0 Å². The molecule has 1 saturated heterocycles. The maximum Gasteiger partial charge on any atom is 0.277 e. The molecule has 0 unspecified atom stereocenters. The number of fused-ring (bicyclic) bond motifs is 2. The third-order valence-electron chi connectivity index (χ3n) is 5.64. The van der Waals surface area contributed by atoms with Crippen LogP contribution in [-0.2, 0) is 29.0 Å². The number of nitrogens with zero attached hydrogens (tertiary/aromatic N) is 4. The van der Waals surface area contributed by atoms with Crippen LogP contribution in [0.15, 0.2) is 58.2 Å². The Hall–Kier alpha value is -3.13. The van der Waals surface area contributed by atoms with Crippen LogP contribution in [-0.4, -0.2) is 39.2 Å². The van der Waals surface area contributed by atoms with Gasteiger partial charge in [-0.3, -0.25) is 14.5 Å². The number of hydrogen-bond acceptors (Lipinski definition) is 6. The summed E-state index contributed by atoms with van der Waals surface area (Å²) in [5.41, 5.74) is 4.17. The van der Waals surface area contributed by atoms with Crippen molar-refractivity contribution in [2.45, 2.75) is 37.5 Å². The lowest BCUT2D eigenvalue weighted by molar-refractivity contribution is -0.128. The Labute approximate surface area is 184 Å². The Morgan fingerprint density at radius 3 is 2.29 bits per heavy atom. The van der Waals surface area contributed by atoms with Gasteiger partial charge in [0.15, 0.2) is 0 Å². The number of benzene rings is 2.